The molecule has 0 aliphatic rings. The van der Waals surface area contributed by atoms with Crippen molar-refractivity contribution < 1.29 is 13.2 Å². The zero-order valence-electron chi connectivity index (χ0n) is 14.4. The summed E-state index contributed by atoms with van der Waals surface area (Å²) in [7, 11) is 0. The largest absolute Gasteiger partial charge is 0.416 e. The topological polar surface area (TPSA) is 12.9 Å². The van der Waals surface area contributed by atoms with E-state index < -0.39 is 11.7 Å². The molecule has 1 nitrogen and oxygen atoms in total. The molecule has 1 heterocycles. The van der Waals surface area contributed by atoms with E-state index in [0.29, 0.717) is 16.2 Å². The van der Waals surface area contributed by atoms with Crippen LogP contribution in [-0.2, 0) is 6.18 Å². The maximum atomic E-state index is 13.2. The molecule has 0 unspecified atom stereocenters. The van der Waals surface area contributed by atoms with Gasteiger partial charge in [-0.25, -0.2) is 4.98 Å². The molecule has 3 aromatic carbocycles. The minimum absolute atomic E-state index is 0.493. The predicted octanol–water partition coefficient (Wildman–Crippen LogP) is 7.83. The van der Waals surface area contributed by atoms with Crippen molar-refractivity contribution in [3.05, 3.63) is 88.9 Å². The average molecular weight is 460 g/mol. The highest BCUT2D eigenvalue weighted by molar-refractivity contribution is 9.10. The monoisotopic (exact) mass is 459 g/mol. The van der Waals surface area contributed by atoms with Gasteiger partial charge in [-0.15, -0.1) is 0 Å². The van der Waals surface area contributed by atoms with Gasteiger partial charge in [-0.2, -0.15) is 13.2 Å². The Kier molecular flexibility index (Phi) is 5.17. The van der Waals surface area contributed by atoms with Crippen LogP contribution in [0, 0.1) is 0 Å². The van der Waals surface area contributed by atoms with Gasteiger partial charge in [0, 0.05) is 20.3 Å². The summed E-state index contributed by atoms with van der Waals surface area (Å²) >= 11 is 4.84. The van der Waals surface area contributed by atoms with Crippen LogP contribution < -0.4 is 0 Å². The van der Waals surface area contributed by atoms with Crippen LogP contribution in [0.4, 0.5) is 13.2 Å². The van der Waals surface area contributed by atoms with E-state index in [-0.39, 0.29) is 0 Å². The lowest BCUT2D eigenvalue weighted by Gasteiger charge is -2.13. The molecule has 0 fully saturated rings. The number of hydrogen-bond donors (Lipinski definition) is 0. The van der Waals surface area contributed by atoms with E-state index in [9.17, 15) is 13.2 Å². The Bertz CT molecular complexity index is 1140. The molecule has 4 aromatic rings. The van der Waals surface area contributed by atoms with Crippen molar-refractivity contribution >= 4 is 38.6 Å². The number of nitrogens with zero attached hydrogens (tertiary/aromatic N) is 1. The summed E-state index contributed by atoms with van der Waals surface area (Å²) in [6.45, 7) is 0. The van der Waals surface area contributed by atoms with Crippen LogP contribution in [0.25, 0.3) is 22.0 Å². The molecule has 0 atom stereocenters. The Morgan fingerprint density at radius 1 is 0.821 bits per heavy atom. The summed E-state index contributed by atoms with van der Waals surface area (Å²) in [4.78, 5) is 5.69. The van der Waals surface area contributed by atoms with Gasteiger partial charge in [0.15, 0.2) is 0 Å². The third kappa shape index (κ3) is 4.08. The van der Waals surface area contributed by atoms with Crippen molar-refractivity contribution in [2.75, 3.05) is 0 Å². The standard InChI is InChI=1S/C22H13BrF3NS/c23-17-8-10-18(11-9-17)28-21-19(13-15-4-1-2-7-20(15)27-21)14-5-3-6-16(12-14)22(24,25)26/h1-13H. The van der Waals surface area contributed by atoms with Gasteiger partial charge in [-0.3, -0.25) is 0 Å². The molecular weight excluding hydrogens is 447 g/mol. The Balaban J connectivity index is 1.87. The van der Waals surface area contributed by atoms with Gasteiger partial charge in [0.1, 0.15) is 5.03 Å². The first-order chi connectivity index (χ1) is 13.4. The molecule has 0 aliphatic carbocycles. The third-order valence-corrected chi connectivity index (χ3v) is 5.76. The number of benzene rings is 3. The first-order valence-electron chi connectivity index (χ1n) is 8.41. The second kappa shape index (κ2) is 7.60. The summed E-state index contributed by atoms with van der Waals surface area (Å²) in [5.74, 6) is 0. The van der Waals surface area contributed by atoms with Gasteiger partial charge in [0.25, 0.3) is 0 Å². The fourth-order valence-electron chi connectivity index (χ4n) is 2.86. The van der Waals surface area contributed by atoms with Crippen molar-refractivity contribution in [2.24, 2.45) is 0 Å². The molecular formula is C22H13BrF3NS. The van der Waals surface area contributed by atoms with Gasteiger partial charge in [-0.1, -0.05) is 58.0 Å². The number of hydrogen-bond acceptors (Lipinski definition) is 2. The highest BCUT2D eigenvalue weighted by Gasteiger charge is 2.30. The van der Waals surface area contributed by atoms with Gasteiger partial charge in [0.2, 0.25) is 0 Å². The summed E-state index contributed by atoms with van der Waals surface area (Å²) in [5, 5.41) is 1.55. The van der Waals surface area contributed by atoms with Crippen LogP contribution >= 0.6 is 27.7 Å². The van der Waals surface area contributed by atoms with Gasteiger partial charge in [-0.05, 0) is 54.1 Å². The Hall–Kier alpha value is -2.31. The fraction of sp³-hybridized carbons (Fsp3) is 0.0455. The van der Waals surface area contributed by atoms with E-state index in [4.69, 9.17) is 4.98 Å². The predicted molar refractivity (Wildman–Crippen MR) is 110 cm³/mol. The van der Waals surface area contributed by atoms with Crippen molar-refractivity contribution in [1.29, 1.82) is 0 Å². The van der Waals surface area contributed by atoms with Crippen LogP contribution in [0.3, 0.4) is 0 Å². The van der Waals surface area contributed by atoms with E-state index >= 15 is 0 Å². The lowest BCUT2D eigenvalue weighted by atomic mass is 10.0. The lowest BCUT2D eigenvalue weighted by molar-refractivity contribution is -0.137. The van der Waals surface area contributed by atoms with Crippen LogP contribution in [-0.4, -0.2) is 4.98 Å². The second-order valence-corrected chi connectivity index (χ2v) is 8.15. The lowest BCUT2D eigenvalue weighted by Crippen LogP contribution is -2.04. The van der Waals surface area contributed by atoms with E-state index in [1.165, 1.54) is 23.9 Å². The van der Waals surface area contributed by atoms with Crippen molar-refractivity contribution in [3.8, 4) is 11.1 Å². The number of alkyl halides is 3. The molecule has 0 bridgehead atoms. The molecule has 4 rings (SSSR count). The number of halogens is 4. The molecule has 0 aliphatic heterocycles. The highest BCUT2D eigenvalue weighted by Crippen LogP contribution is 2.39. The van der Waals surface area contributed by atoms with E-state index in [1.807, 2.05) is 54.6 Å². The second-order valence-electron chi connectivity index (χ2n) is 6.17. The molecule has 6 heteroatoms. The molecule has 1 aromatic heterocycles. The van der Waals surface area contributed by atoms with Crippen molar-refractivity contribution in [3.63, 3.8) is 0 Å². The van der Waals surface area contributed by atoms with E-state index in [1.54, 1.807) is 6.07 Å². The quantitative estimate of drug-likeness (QED) is 0.309. The normalized spacial score (nSPS) is 11.7. The Morgan fingerprint density at radius 3 is 2.32 bits per heavy atom. The maximum absolute atomic E-state index is 13.2. The maximum Gasteiger partial charge on any atom is 0.416 e. The molecule has 0 saturated carbocycles. The highest BCUT2D eigenvalue weighted by atomic mass is 79.9. The van der Waals surface area contributed by atoms with Crippen LogP contribution in [0.1, 0.15) is 5.56 Å². The molecule has 0 amide bonds. The SMILES string of the molecule is FC(F)(F)c1cccc(-c2cc3ccccc3nc2Sc2ccc(Br)cc2)c1. The van der Waals surface area contributed by atoms with Crippen LogP contribution in [0.15, 0.2) is 93.3 Å². The van der Waals surface area contributed by atoms with E-state index in [2.05, 4.69) is 15.9 Å². The zero-order chi connectivity index (χ0) is 19.7. The number of para-hydroxylation sites is 1. The smallest absolute Gasteiger partial charge is 0.240 e. The van der Waals surface area contributed by atoms with Crippen LogP contribution in [0.2, 0.25) is 0 Å². The number of rotatable bonds is 3. The average Bonchev–Trinajstić information content (AvgIpc) is 2.69. The first-order valence-corrected chi connectivity index (χ1v) is 10.0. The van der Waals surface area contributed by atoms with Crippen molar-refractivity contribution in [2.45, 2.75) is 16.1 Å². The summed E-state index contributed by atoms with van der Waals surface area (Å²) in [6, 6.07) is 22.6. The molecule has 28 heavy (non-hydrogen) atoms. The minimum Gasteiger partial charge on any atom is -0.240 e. The van der Waals surface area contributed by atoms with E-state index in [0.717, 1.165) is 26.3 Å². The molecule has 140 valence electrons. The summed E-state index contributed by atoms with van der Waals surface area (Å²) in [5.41, 5.74) is 1.31. The number of aromatic nitrogens is 1. The summed E-state index contributed by atoms with van der Waals surface area (Å²) in [6.07, 6.45) is -4.39. The van der Waals surface area contributed by atoms with Crippen LogP contribution in [0.5, 0.6) is 0 Å². The molecule has 0 N–H and O–H groups in total. The zero-order valence-corrected chi connectivity index (χ0v) is 16.8. The van der Waals surface area contributed by atoms with Gasteiger partial charge >= 0.3 is 6.18 Å². The first kappa shape index (κ1) is 19.0. The van der Waals surface area contributed by atoms with Gasteiger partial charge in [0.05, 0.1) is 11.1 Å². The summed E-state index contributed by atoms with van der Waals surface area (Å²) < 4.78 is 40.5. The molecule has 0 saturated heterocycles. The van der Waals surface area contributed by atoms with Crippen molar-refractivity contribution in [1.82, 2.24) is 4.98 Å². The third-order valence-electron chi connectivity index (χ3n) is 4.22. The van der Waals surface area contributed by atoms with Gasteiger partial charge < -0.3 is 0 Å². The molecule has 0 spiro atoms. The molecule has 0 radical (unpaired) electrons. The minimum atomic E-state index is -4.39. The fourth-order valence-corrected chi connectivity index (χ4v) is 4.05. The Labute approximate surface area is 172 Å². The number of fused-ring (bicyclic) bond motifs is 1. The Morgan fingerprint density at radius 2 is 1.57 bits per heavy atom. The number of pyridine rings is 1.